The zero-order valence-corrected chi connectivity index (χ0v) is 11.4. The predicted octanol–water partition coefficient (Wildman–Crippen LogP) is 4.95. The van der Waals surface area contributed by atoms with Gasteiger partial charge in [0.1, 0.15) is 0 Å². The van der Waals surface area contributed by atoms with Crippen LogP contribution in [0.5, 0.6) is 0 Å². The number of benzene rings is 1. The van der Waals surface area contributed by atoms with Crippen molar-refractivity contribution >= 4 is 49.1 Å². The van der Waals surface area contributed by atoms with Crippen molar-refractivity contribution in [1.29, 1.82) is 0 Å². The van der Waals surface area contributed by atoms with E-state index in [1.807, 2.05) is 23.1 Å². The number of fused-ring (bicyclic) bond motifs is 1. The molecular weight excluding hydrogens is 276 g/mol. The zero-order chi connectivity index (χ0) is 10.1. The lowest BCUT2D eigenvalue weighted by Gasteiger charge is -2.02. The van der Waals surface area contributed by atoms with Crippen molar-refractivity contribution in [1.82, 2.24) is 0 Å². The molecule has 0 amide bonds. The van der Waals surface area contributed by atoms with Crippen LogP contribution in [0.25, 0.3) is 10.1 Å². The van der Waals surface area contributed by atoms with Gasteiger partial charge in [0.2, 0.25) is 0 Å². The maximum Gasteiger partial charge on any atom is 0.0711 e. The quantitative estimate of drug-likeness (QED) is 0.704. The first-order valence-electron chi connectivity index (χ1n) is 4.50. The topological polar surface area (TPSA) is 0 Å². The second-order valence-electron chi connectivity index (χ2n) is 3.11. The maximum absolute atomic E-state index is 3.55. The Bertz CT molecular complexity index is 460. The van der Waals surface area contributed by atoms with Gasteiger partial charge in [0.15, 0.2) is 0 Å². The van der Waals surface area contributed by atoms with E-state index in [2.05, 4.69) is 47.3 Å². The van der Waals surface area contributed by atoms with Crippen molar-refractivity contribution in [3.63, 3.8) is 0 Å². The van der Waals surface area contributed by atoms with E-state index >= 15 is 0 Å². The van der Waals surface area contributed by atoms with Crippen LogP contribution in [0, 0.1) is 0 Å². The molecule has 0 aliphatic carbocycles. The number of hydrogen-bond donors (Lipinski definition) is 0. The second-order valence-corrected chi connectivity index (χ2v) is 6.42. The SMILES string of the molecule is CCc1cc(SC)cc2cc(Br)sc12. The van der Waals surface area contributed by atoms with Gasteiger partial charge in [-0.2, -0.15) is 0 Å². The Kier molecular flexibility index (Phi) is 3.20. The Morgan fingerprint density at radius 2 is 2.14 bits per heavy atom. The minimum atomic E-state index is 1.11. The molecule has 0 aliphatic rings. The largest absolute Gasteiger partial charge is 0.130 e. The Labute approximate surface area is 101 Å². The highest BCUT2D eigenvalue weighted by Crippen LogP contribution is 2.35. The van der Waals surface area contributed by atoms with Crippen LogP contribution in [0.1, 0.15) is 12.5 Å². The molecule has 74 valence electrons. The molecule has 0 saturated heterocycles. The Morgan fingerprint density at radius 3 is 2.79 bits per heavy atom. The van der Waals surface area contributed by atoms with E-state index < -0.39 is 0 Å². The van der Waals surface area contributed by atoms with Gasteiger partial charge in [-0.25, -0.2) is 0 Å². The van der Waals surface area contributed by atoms with Crippen LogP contribution in [-0.4, -0.2) is 6.26 Å². The van der Waals surface area contributed by atoms with Crippen molar-refractivity contribution in [3.8, 4) is 0 Å². The molecule has 0 saturated carbocycles. The molecule has 0 unspecified atom stereocenters. The summed E-state index contributed by atoms with van der Waals surface area (Å²) >= 11 is 7.19. The highest BCUT2D eigenvalue weighted by Gasteiger charge is 2.05. The molecule has 0 N–H and O–H groups in total. The summed E-state index contributed by atoms with van der Waals surface area (Å²) < 4.78 is 2.65. The molecule has 3 heteroatoms. The van der Waals surface area contributed by atoms with Crippen LogP contribution in [-0.2, 0) is 6.42 Å². The van der Waals surface area contributed by atoms with E-state index in [1.54, 1.807) is 0 Å². The number of rotatable bonds is 2. The van der Waals surface area contributed by atoms with Gasteiger partial charge < -0.3 is 0 Å². The summed E-state index contributed by atoms with van der Waals surface area (Å²) in [6, 6.07) is 6.77. The van der Waals surface area contributed by atoms with Crippen molar-refractivity contribution in [2.24, 2.45) is 0 Å². The summed E-state index contributed by atoms with van der Waals surface area (Å²) in [6.07, 6.45) is 3.24. The number of thioether (sulfide) groups is 1. The molecule has 0 atom stereocenters. The summed E-state index contributed by atoms with van der Waals surface area (Å²) in [7, 11) is 0. The van der Waals surface area contributed by atoms with Crippen LogP contribution in [0.4, 0.5) is 0 Å². The fraction of sp³-hybridized carbons (Fsp3) is 0.273. The zero-order valence-electron chi connectivity index (χ0n) is 8.13. The smallest absolute Gasteiger partial charge is 0.0711 e. The second kappa shape index (κ2) is 4.25. The van der Waals surface area contributed by atoms with Gasteiger partial charge in [-0.05, 0) is 57.8 Å². The molecule has 0 nitrogen and oxygen atoms in total. The summed E-state index contributed by atoms with van der Waals surface area (Å²) in [5, 5.41) is 1.37. The van der Waals surface area contributed by atoms with Gasteiger partial charge in [0.25, 0.3) is 0 Å². The molecule has 2 aromatic rings. The average Bonchev–Trinajstić information content (AvgIpc) is 2.56. The third kappa shape index (κ3) is 1.86. The predicted molar refractivity (Wildman–Crippen MR) is 70.7 cm³/mol. The van der Waals surface area contributed by atoms with Gasteiger partial charge >= 0.3 is 0 Å². The summed E-state index contributed by atoms with van der Waals surface area (Å²) in [5.74, 6) is 0. The summed E-state index contributed by atoms with van der Waals surface area (Å²) in [5.41, 5.74) is 1.46. The van der Waals surface area contributed by atoms with Crippen LogP contribution in [0.2, 0.25) is 0 Å². The fourth-order valence-corrected chi connectivity index (χ4v) is 3.73. The van der Waals surface area contributed by atoms with Crippen LogP contribution >= 0.6 is 39.0 Å². The molecule has 0 spiro atoms. The standard InChI is InChI=1S/C11H11BrS2/c1-3-7-4-9(13-2)5-8-6-10(12)14-11(7)8/h4-6H,3H2,1-2H3. The van der Waals surface area contributed by atoms with Gasteiger partial charge in [0, 0.05) is 9.60 Å². The summed E-state index contributed by atoms with van der Waals surface area (Å²) in [6.45, 7) is 2.21. The minimum absolute atomic E-state index is 1.11. The third-order valence-electron chi connectivity index (χ3n) is 2.25. The molecule has 1 aromatic heterocycles. The van der Waals surface area contributed by atoms with Crippen LogP contribution in [0.3, 0.4) is 0 Å². The summed E-state index contributed by atoms with van der Waals surface area (Å²) in [4.78, 5) is 1.36. The number of aryl methyl sites for hydroxylation is 1. The Morgan fingerprint density at radius 1 is 1.36 bits per heavy atom. The van der Waals surface area contributed by atoms with Crippen LogP contribution in [0.15, 0.2) is 26.9 Å². The van der Waals surface area contributed by atoms with E-state index in [0.29, 0.717) is 0 Å². The third-order valence-corrected chi connectivity index (χ3v) is 4.69. The molecule has 0 aliphatic heterocycles. The van der Waals surface area contributed by atoms with Crippen LogP contribution < -0.4 is 0 Å². The molecule has 14 heavy (non-hydrogen) atoms. The molecule has 1 heterocycles. The lowest BCUT2D eigenvalue weighted by Crippen LogP contribution is -1.81. The van der Waals surface area contributed by atoms with Crippen molar-refractivity contribution in [2.45, 2.75) is 18.2 Å². The number of hydrogen-bond acceptors (Lipinski definition) is 2. The monoisotopic (exact) mass is 286 g/mol. The Balaban J connectivity index is 2.72. The van der Waals surface area contributed by atoms with E-state index in [-0.39, 0.29) is 0 Å². The molecule has 1 aromatic carbocycles. The van der Waals surface area contributed by atoms with Gasteiger partial charge in [-0.15, -0.1) is 23.1 Å². The molecular formula is C11H11BrS2. The maximum atomic E-state index is 3.55. The number of thiophene rings is 1. The molecule has 2 rings (SSSR count). The fourth-order valence-electron chi connectivity index (χ4n) is 1.54. The van der Waals surface area contributed by atoms with E-state index in [1.165, 1.54) is 24.3 Å². The van der Waals surface area contributed by atoms with Crippen molar-refractivity contribution in [3.05, 3.63) is 27.5 Å². The number of halogens is 1. The Hall–Kier alpha value is 0.01000. The van der Waals surface area contributed by atoms with E-state index in [9.17, 15) is 0 Å². The minimum Gasteiger partial charge on any atom is -0.130 e. The first kappa shape index (κ1) is 10.5. The van der Waals surface area contributed by atoms with Gasteiger partial charge in [-0.3, -0.25) is 0 Å². The first-order chi connectivity index (χ1) is 6.74. The van der Waals surface area contributed by atoms with Crippen molar-refractivity contribution < 1.29 is 0 Å². The molecule has 0 bridgehead atoms. The lowest BCUT2D eigenvalue weighted by molar-refractivity contribution is 1.15. The normalized spacial score (nSPS) is 11.1. The molecule has 0 fully saturated rings. The van der Waals surface area contributed by atoms with E-state index in [0.717, 1.165) is 6.42 Å². The van der Waals surface area contributed by atoms with Gasteiger partial charge in [-0.1, -0.05) is 6.92 Å². The van der Waals surface area contributed by atoms with E-state index in [4.69, 9.17) is 0 Å². The lowest BCUT2D eigenvalue weighted by atomic mass is 10.1. The highest BCUT2D eigenvalue weighted by atomic mass is 79.9. The molecule has 0 radical (unpaired) electrons. The first-order valence-corrected chi connectivity index (χ1v) is 7.34. The average molecular weight is 287 g/mol. The van der Waals surface area contributed by atoms with Crippen molar-refractivity contribution in [2.75, 3.05) is 6.26 Å². The highest BCUT2D eigenvalue weighted by molar-refractivity contribution is 9.11. The van der Waals surface area contributed by atoms with Gasteiger partial charge in [0.05, 0.1) is 3.79 Å².